The van der Waals surface area contributed by atoms with Crippen LogP contribution in [0.5, 0.6) is 0 Å². The standard InChI is InChI=1S/C18H15N5O3S2/c24-14(8-22-10-19-17-12(18(22)25)4-7-28-17)23-5-1-2-13(23)16-21-20-15(26-16)11-3-6-27-9-11/h3-4,6-7,9-10,13H,1-2,5,8H2. The Balaban J connectivity index is 1.38. The second-order valence-electron chi connectivity index (χ2n) is 6.52. The number of rotatable bonds is 4. The summed E-state index contributed by atoms with van der Waals surface area (Å²) in [7, 11) is 0. The zero-order valence-electron chi connectivity index (χ0n) is 14.6. The van der Waals surface area contributed by atoms with E-state index < -0.39 is 0 Å². The smallest absolute Gasteiger partial charge is 0.262 e. The van der Waals surface area contributed by atoms with Crippen molar-refractivity contribution in [3.63, 3.8) is 0 Å². The Bertz CT molecular complexity index is 1190. The summed E-state index contributed by atoms with van der Waals surface area (Å²) in [4.78, 5) is 32.1. The highest BCUT2D eigenvalue weighted by Gasteiger charge is 2.34. The minimum Gasteiger partial charge on any atom is -0.418 e. The zero-order valence-corrected chi connectivity index (χ0v) is 16.3. The molecule has 28 heavy (non-hydrogen) atoms. The molecule has 1 amide bonds. The third kappa shape index (κ3) is 2.94. The molecule has 8 nitrogen and oxygen atoms in total. The summed E-state index contributed by atoms with van der Waals surface area (Å²) in [6.07, 6.45) is 3.04. The van der Waals surface area contributed by atoms with Gasteiger partial charge in [0.15, 0.2) is 0 Å². The van der Waals surface area contributed by atoms with Crippen LogP contribution in [0, 0.1) is 0 Å². The quantitative estimate of drug-likeness (QED) is 0.511. The third-order valence-corrected chi connectivity index (χ3v) is 6.33. The van der Waals surface area contributed by atoms with Crippen LogP contribution in [-0.4, -0.2) is 37.1 Å². The van der Waals surface area contributed by atoms with Crippen LogP contribution in [0.4, 0.5) is 0 Å². The monoisotopic (exact) mass is 413 g/mol. The number of carbonyl (C=O) groups is 1. The van der Waals surface area contributed by atoms with E-state index in [9.17, 15) is 9.59 Å². The summed E-state index contributed by atoms with van der Waals surface area (Å²) in [6.45, 7) is 0.544. The van der Waals surface area contributed by atoms with E-state index in [2.05, 4.69) is 15.2 Å². The van der Waals surface area contributed by atoms with Crippen molar-refractivity contribution in [3.8, 4) is 11.5 Å². The van der Waals surface area contributed by atoms with Crippen molar-refractivity contribution in [3.05, 3.63) is 50.8 Å². The zero-order chi connectivity index (χ0) is 19.1. The van der Waals surface area contributed by atoms with Crippen molar-refractivity contribution >= 4 is 38.8 Å². The third-order valence-electron chi connectivity index (χ3n) is 4.82. The van der Waals surface area contributed by atoms with Gasteiger partial charge in [-0.2, -0.15) is 11.3 Å². The molecule has 0 bridgehead atoms. The molecule has 0 radical (unpaired) electrons. The number of hydrogen-bond donors (Lipinski definition) is 0. The molecule has 5 rings (SSSR count). The summed E-state index contributed by atoms with van der Waals surface area (Å²) < 4.78 is 7.18. The van der Waals surface area contributed by atoms with Gasteiger partial charge in [0, 0.05) is 17.5 Å². The first-order valence-corrected chi connectivity index (χ1v) is 10.6. The number of nitrogens with zero attached hydrogens (tertiary/aromatic N) is 5. The molecule has 5 heterocycles. The molecule has 4 aromatic heterocycles. The number of fused-ring (bicyclic) bond motifs is 1. The molecule has 1 aliphatic rings. The first kappa shape index (κ1) is 17.3. The molecule has 1 saturated heterocycles. The van der Waals surface area contributed by atoms with Gasteiger partial charge in [-0.1, -0.05) is 0 Å². The van der Waals surface area contributed by atoms with E-state index in [1.165, 1.54) is 22.2 Å². The highest BCUT2D eigenvalue weighted by Crippen LogP contribution is 2.33. The summed E-state index contributed by atoms with van der Waals surface area (Å²) in [5.74, 6) is 0.737. The van der Waals surface area contributed by atoms with E-state index >= 15 is 0 Å². The Morgan fingerprint density at radius 3 is 3.07 bits per heavy atom. The van der Waals surface area contributed by atoms with Crippen LogP contribution in [0.3, 0.4) is 0 Å². The van der Waals surface area contributed by atoms with E-state index in [1.54, 1.807) is 22.3 Å². The summed E-state index contributed by atoms with van der Waals surface area (Å²) in [6, 6.07) is 3.39. The van der Waals surface area contributed by atoms with Crippen molar-refractivity contribution in [1.82, 2.24) is 24.6 Å². The van der Waals surface area contributed by atoms with Crippen LogP contribution in [0.2, 0.25) is 0 Å². The largest absolute Gasteiger partial charge is 0.418 e. The SMILES string of the molecule is O=C(Cn1cnc2sccc2c1=O)N1CCCC1c1nnc(-c2ccsc2)o1. The van der Waals surface area contributed by atoms with Gasteiger partial charge < -0.3 is 9.32 Å². The Morgan fingerprint density at radius 1 is 1.29 bits per heavy atom. The number of amides is 1. The second-order valence-corrected chi connectivity index (χ2v) is 8.19. The van der Waals surface area contributed by atoms with Crippen LogP contribution in [0.25, 0.3) is 21.7 Å². The second kappa shape index (κ2) is 6.95. The Morgan fingerprint density at radius 2 is 2.21 bits per heavy atom. The number of thiophene rings is 2. The molecule has 0 saturated carbocycles. The highest BCUT2D eigenvalue weighted by atomic mass is 32.1. The minimum atomic E-state index is -0.263. The van der Waals surface area contributed by atoms with E-state index in [0.29, 0.717) is 28.5 Å². The van der Waals surface area contributed by atoms with Gasteiger partial charge in [-0.05, 0) is 35.7 Å². The van der Waals surface area contributed by atoms with Crippen molar-refractivity contribution in [2.45, 2.75) is 25.4 Å². The molecule has 0 spiro atoms. The van der Waals surface area contributed by atoms with Crippen LogP contribution in [0.1, 0.15) is 24.8 Å². The first-order valence-electron chi connectivity index (χ1n) is 8.79. The van der Waals surface area contributed by atoms with Crippen molar-refractivity contribution < 1.29 is 9.21 Å². The topological polar surface area (TPSA) is 94.1 Å². The molecule has 4 aromatic rings. The van der Waals surface area contributed by atoms with Gasteiger partial charge >= 0.3 is 0 Å². The maximum absolute atomic E-state index is 12.9. The molecule has 0 N–H and O–H groups in total. The van der Waals surface area contributed by atoms with Crippen LogP contribution < -0.4 is 5.56 Å². The number of carbonyl (C=O) groups excluding carboxylic acids is 1. The van der Waals surface area contributed by atoms with Gasteiger partial charge in [-0.3, -0.25) is 14.2 Å². The average molecular weight is 413 g/mol. The van der Waals surface area contributed by atoms with Gasteiger partial charge in [-0.25, -0.2) is 4.98 Å². The molecule has 1 unspecified atom stereocenters. The van der Waals surface area contributed by atoms with Crippen LogP contribution in [-0.2, 0) is 11.3 Å². The van der Waals surface area contributed by atoms with E-state index in [4.69, 9.17) is 4.42 Å². The maximum atomic E-state index is 12.9. The van der Waals surface area contributed by atoms with Gasteiger partial charge in [0.25, 0.3) is 5.56 Å². The molecule has 142 valence electrons. The minimum absolute atomic E-state index is 0.0559. The van der Waals surface area contributed by atoms with Gasteiger partial charge in [0.2, 0.25) is 17.7 Å². The van der Waals surface area contributed by atoms with E-state index in [-0.39, 0.29) is 24.1 Å². The van der Waals surface area contributed by atoms with Gasteiger partial charge in [0.1, 0.15) is 17.4 Å². The number of likely N-dealkylation sites (tertiary alicyclic amines) is 1. The van der Waals surface area contributed by atoms with Gasteiger partial charge in [-0.15, -0.1) is 21.5 Å². The molecular weight excluding hydrogens is 398 g/mol. The lowest BCUT2D eigenvalue weighted by molar-refractivity contribution is -0.133. The molecule has 10 heteroatoms. The highest BCUT2D eigenvalue weighted by molar-refractivity contribution is 7.16. The maximum Gasteiger partial charge on any atom is 0.262 e. The van der Waals surface area contributed by atoms with Crippen LogP contribution in [0.15, 0.2) is 43.8 Å². The average Bonchev–Trinajstić information content (AvgIpc) is 3.48. The fourth-order valence-corrected chi connectivity index (χ4v) is 4.79. The summed E-state index contributed by atoms with van der Waals surface area (Å²) >= 11 is 2.96. The first-order chi connectivity index (χ1) is 13.7. The molecule has 0 aliphatic carbocycles. The Hall–Kier alpha value is -2.85. The fourth-order valence-electron chi connectivity index (χ4n) is 3.44. The lowest BCUT2D eigenvalue weighted by Crippen LogP contribution is -2.36. The fraction of sp³-hybridized carbons (Fsp3) is 0.278. The Labute approximate surface area is 167 Å². The van der Waals surface area contributed by atoms with Crippen molar-refractivity contribution in [2.24, 2.45) is 0 Å². The van der Waals surface area contributed by atoms with Crippen molar-refractivity contribution in [2.75, 3.05) is 6.54 Å². The predicted molar refractivity (Wildman–Crippen MR) is 105 cm³/mol. The lowest BCUT2D eigenvalue weighted by atomic mass is 10.2. The number of hydrogen-bond acceptors (Lipinski definition) is 8. The lowest BCUT2D eigenvalue weighted by Gasteiger charge is -2.22. The van der Waals surface area contributed by atoms with Crippen molar-refractivity contribution in [1.29, 1.82) is 0 Å². The summed E-state index contributed by atoms with van der Waals surface area (Å²) in [5, 5.41) is 14.5. The van der Waals surface area contributed by atoms with E-state index in [1.807, 2.05) is 22.2 Å². The molecule has 0 aromatic carbocycles. The number of aromatic nitrogens is 4. The van der Waals surface area contributed by atoms with E-state index in [0.717, 1.165) is 18.4 Å². The molecular formula is C18H15N5O3S2. The summed E-state index contributed by atoms with van der Waals surface area (Å²) in [5.41, 5.74) is 0.675. The molecule has 1 fully saturated rings. The molecule has 1 aliphatic heterocycles. The normalized spacial score (nSPS) is 16.9. The van der Waals surface area contributed by atoms with Crippen LogP contribution >= 0.6 is 22.7 Å². The molecule has 1 atom stereocenters. The van der Waals surface area contributed by atoms with Gasteiger partial charge in [0.05, 0.1) is 11.7 Å². The Kier molecular flexibility index (Phi) is 4.29. The predicted octanol–water partition coefficient (Wildman–Crippen LogP) is 2.93.